The summed E-state index contributed by atoms with van der Waals surface area (Å²) in [7, 11) is 0. The molecule has 3 aromatic carbocycles. The molecule has 0 aliphatic rings. The summed E-state index contributed by atoms with van der Waals surface area (Å²) in [4.78, 5) is 28.5. The maximum Gasteiger partial charge on any atom is 0.243 e. The van der Waals surface area contributed by atoms with Gasteiger partial charge in [0.1, 0.15) is 11.9 Å². The van der Waals surface area contributed by atoms with Crippen LogP contribution in [-0.4, -0.2) is 28.8 Å². The number of nitrogens with one attached hydrogen (secondary N) is 1. The summed E-state index contributed by atoms with van der Waals surface area (Å²) in [5.41, 5.74) is 2.12. The number of halogens is 3. The highest BCUT2D eigenvalue weighted by atomic mass is 35.5. The van der Waals surface area contributed by atoms with E-state index in [-0.39, 0.29) is 36.6 Å². The zero-order valence-corrected chi connectivity index (χ0v) is 20.6. The lowest BCUT2D eigenvalue weighted by molar-refractivity contribution is -0.141. The third kappa shape index (κ3) is 7.05. The predicted molar refractivity (Wildman–Crippen MR) is 134 cm³/mol. The molecule has 0 saturated carbocycles. The van der Waals surface area contributed by atoms with Crippen molar-refractivity contribution in [3.8, 4) is 0 Å². The molecule has 178 valence electrons. The van der Waals surface area contributed by atoms with Gasteiger partial charge in [-0.15, -0.1) is 0 Å². The van der Waals surface area contributed by atoms with Crippen LogP contribution >= 0.6 is 23.2 Å². The van der Waals surface area contributed by atoms with E-state index in [2.05, 4.69) is 5.32 Å². The van der Waals surface area contributed by atoms with E-state index in [1.807, 2.05) is 44.2 Å². The third-order valence-electron chi connectivity index (χ3n) is 5.36. The number of carbonyl (C=O) groups excluding carboxylic acids is 2. The van der Waals surface area contributed by atoms with Crippen LogP contribution in [0.15, 0.2) is 72.8 Å². The van der Waals surface area contributed by atoms with Crippen LogP contribution in [0.1, 0.15) is 30.5 Å². The van der Waals surface area contributed by atoms with Gasteiger partial charge in [0.2, 0.25) is 11.8 Å². The predicted octanol–water partition coefficient (Wildman–Crippen LogP) is 5.84. The standard InChI is InChI=1S/C27H27Cl2FN2O2/c1-18(2)31-27(34)25(15-19-7-4-3-5-8-19)32(17-20-11-13-21(30)14-12-20)26(33)16-22-23(28)9-6-10-24(22)29/h3-14,18,25H,15-17H2,1-2H3,(H,31,34)/t25-/m0/s1. The number of hydrogen-bond acceptors (Lipinski definition) is 2. The van der Waals surface area contributed by atoms with Crippen molar-refractivity contribution in [1.82, 2.24) is 10.2 Å². The quantitative estimate of drug-likeness (QED) is 0.401. The van der Waals surface area contributed by atoms with Gasteiger partial charge in [-0.25, -0.2) is 4.39 Å². The monoisotopic (exact) mass is 500 g/mol. The van der Waals surface area contributed by atoms with Gasteiger partial charge in [-0.05, 0) is 54.8 Å². The molecule has 3 rings (SSSR count). The van der Waals surface area contributed by atoms with Gasteiger partial charge in [-0.1, -0.05) is 71.7 Å². The Morgan fingerprint density at radius 2 is 1.50 bits per heavy atom. The molecule has 0 heterocycles. The number of hydrogen-bond donors (Lipinski definition) is 1. The SMILES string of the molecule is CC(C)NC(=O)[C@H](Cc1ccccc1)N(Cc1ccc(F)cc1)C(=O)Cc1c(Cl)cccc1Cl. The highest BCUT2D eigenvalue weighted by Gasteiger charge is 2.31. The summed E-state index contributed by atoms with van der Waals surface area (Å²) in [6, 6.07) is 19.6. The van der Waals surface area contributed by atoms with Gasteiger partial charge in [0.15, 0.2) is 0 Å². The smallest absolute Gasteiger partial charge is 0.243 e. The zero-order valence-electron chi connectivity index (χ0n) is 19.1. The molecule has 1 atom stereocenters. The molecule has 0 radical (unpaired) electrons. The lowest BCUT2D eigenvalue weighted by atomic mass is 10.0. The molecule has 1 N–H and O–H groups in total. The van der Waals surface area contributed by atoms with Gasteiger partial charge in [-0.3, -0.25) is 9.59 Å². The Morgan fingerprint density at radius 1 is 0.882 bits per heavy atom. The van der Waals surface area contributed by atoms with Crippen LogP contribution in [0.4, 0.5) is 4.39 Å². The largest absolute Gasteiger partial charge is 0.352 e. The average Bonchev–Trinajstić information content (AvgIpc) is 2.80. The molecular formula is C27H27Cl2FN2O2. The lowest BCUT2D eigenvalue weighted by Crippen LogP contribution is -2.52. The van der Waals surface area contributed by atoms with E-state index in [0.717, 1.165) is 5.56 Å². The summed E-state index contributed by atoms with van der Waals surface area (Å²) in [6.45, 7) is 3.87. The number of benzene rings is 3. The molecule has 0 aliphatic carbocycles. The van der Waals surface area contributed by atoms with Crippen molar-refractivity contribution in [2.75, 3.05) is 0 Å². The van der Waals surface area contributed by atoms with E-state index in [1.165, 1.54) is 17.0 Å². The first kappa shape index (κ1) is 25.7. The summed E-state index contributed by atoms with van der Waals surface area (Å²) in [5, 5.41) is 3.70. The van der Waals surface area contributed by atoms with Crippen LogP contribution in [0, 0.1) is 5.82 Å². The number of carbonyl (C=O) groups is 2. The highest BCUT2D eigenvalue weighted by molar-refractivity contribution is 6.36. The van der Waals surface area contributed by atoms with Crippen LogP contribution in [0.2, 0.25) is 10.0 Å². The number of nitrogens with zero attached hydrogens (tertiary/aromatic N) is 1. The second-order valence-corrected chi connectivity index (χ2v) is 9.21. The van der Waals surface area contributed by atoms with E-state index in [4.69, 9.17) is 23.2 Å². The fourth-order valence-corrected chi connectivity index (χ4v) is 4.21. The van der Waals surface area contributed by atoms with Crippen molar-refractivity contribution >= 4 is 35.0 Å². The Morgan fingerprint density at radius 3 is 2.09 bits per heavy atom. The lowest BCUT2D eigenvalue weighted by Gasteiger charge is -2.32. The van der Waals surface area contributed by atoms with Crippen LogP contribution < -0.4 is 5.32 Å². The van der Waals surface area contributed by atoms with Crippen LogP contribution in [0.5, 0.6) is 0 Å². The minimum Gasteiger partial charge on any atom is -0.352 e. The first-order chi connectivity index (χ1) is 16.2. The molecule has 4 nitrogen and oxygen atoms in total. The Balaban J connectivity index is 2.00. The molecule has 0 aromatic heterocycles. The number of rotatable bonds is 9. The third-order valence-corrected chi connectivity index (χ3v) is 6.07. The molecule has 0 bridgehead atoms. The van der Waals surface area contributed by atoms with Crippen LogP contribution in [0.3, 0.4) is 0 Å². The molecule has 0 spiro atoms. The van der Waals surface area contributed by atoms with Gasteiger partial charge >= 0.3 is 0 Å². The molecule has 0 fully saturated rings. The Labute approximate surface area is 209 Å². The fourth-order valence-electron chi connectivity index (χ4n) is 3.68. The minimum atomic E-state index is -0.788. The molecule has 7 heteroatoms. The Bertz CT molecular complexity index is 1100. The van der Waals surface area contributed by atoms with E-state index in [0.29, 0.717) is 27.6 Å². The van der Waals surface area contributed by atoms with Gasteiger partial charge < -0.3 is 10.2 Å². The second kappa shape index (κ2) is 12.0. The Hall–Kier alpha value is -2.89. The molecule has 3 aromatic rings. The van der Waals surface area contributed by atoms with Gasteiger partial charge in [0.25, 0.3) is 0 Å². The molecular weight excluding hydrogens is 474 g/mol. The van der Waals surface area contributed by atoms with Crippen molar-refractivity contribution in [3.63, 3.8) is 0 Å². The normalized spacial score (nSPS) is 11.8. The van der Waals surface area contributed by atoms with E-state index >= 15 is 0 Å². The van der Waals surface area contributed by atoms with E-state index in [9.17, 15) is 14.0 Å². The van der Waals surface area contributed by atoms with Gasteiger partial charge in [0.05, 0.1) is 6.42 Å². The van der Waals surface area contributed by atoms with Crippen molar-refractivity contribution in [1.29, 1.82) is 0 Å². The summed E-state index contributed by atoms with van der Waals surface area (Å²) in [5.74, 6) is -0.943. The zero-order chi connectivity index (χ0) is 24.7. The highest BCUT2D eigenvalue weighted by Crippen LogP contribution is 2.26. The second-order valence-electron chi connectivity index (χ2n) is 8.39. The van der Waals surface area contributed by atoms with E-state index < -0.39 is 6.04 Å². The summed E-state index contributed by atoms with van der Waals surface area (Å²) < 4.78 is 13.5. The van der Waals surface area contributed by atoms with E-state index in [1.54, 1.807) is 30.3 Å². The summed E-state index contributed by atoms with van der Waals surface area (Å²) in [6.07, 6.45) is 0.253. The molecule has 0 aliphatic heterocycles. The van der Waals surface area contributed by atoms with Gasteiger partial charge in [0, 0.05) is 29.1 Å². The van der Waals surface area contributed by atoms with Crippen molar-refractivity contribution in [3.05, 3.63) is 105 Å². The summed E-state index contributed by atoms with van der Waals surface area (Å²) >= 11 is 12.6. The fraction of sp³-hybridized carbons (Fsp3) is 0.259. The van der Waals surface area contributed by atoms with Crippen molar-refractivity contribution in [2.45, 2.75) is 45.3 Å². The van der Waals surface area contributed by atoms with Crippen molar-refractivity contribution in [2.24, 2.45) is 0 Å². The molecule has 0 saturated heterocycles. The van der Waals surface area contributed by atoms with Crippen LogP contribution in [-0.2, 0) is 29.0 Å². The maximum atomic E-state index is 13.7. The first-order valence-corrected chi connectivity index (χ1v) is 11.8. The molecule has 2 amide bonds. The Kier molecular flexibility index (Phi) is 9.08. The van der Waals surface area contributed by atoms with Gasteiger partial charge in [-0.2, -0.15) is 0 Å². The number of amides is 2. The molecule has 34 heavy (non-hydrogen) atoms. The van der Waals surface area contributed by atoms with Crippen molar-refractivity contribution < 1.29 is 14.0 Å². The average molecular weight is 501 g/mol. The topological polar surface area (TPSA) is 49.4 Å². The first-order valence-electron chi connectivity index (χ1n) is 11.1. The van der Waals surface area contributed by atoms with Crippen LogP contribution in [0.25, 0.3) is 0 Å². The molecule has 0 unspecified atom stereocenters. The minimum absolute atomic E-state index is 0.0695. The maximum absolute atomic E-state index is 13.7.